The smallest absolute Gasteiger partial charge is 0.445 e. The molecule has 0 radical (unpaired) electrons. The predicted octanol–water partition coefficient (Wildman–Crippen LogP) is 5.46. The Morgan fingerprint density at radius 1 is 1.04 bits per heavy atom. The predicted molar refractivity (Wildman–Crippen MR) is 106 cm³/mol. The molecule has 6 heteroatoms. The molecule has 0 aliphatic rings. The maximum Gasteiger partial charge on any atom is 0.445 e. The number of esters is 1. The SMILES string of the molecule is C=CCCC(C(=O)OC)P(=O)(Oc1ccccc1C)Oc1ccccc1C. The molecule has 2 rings (SSSR count). The Bertz CT molecular complexity index is 794. The molecule has 1 unspecified atom stereocenters. The summed E-state index contributed by atoms with van der Waals surface area (Å²) in [5.41, 5.74) is 0.511. The van der Waals surface area contributed by atoms with Crippen molar-refractivity contribution in [2.75, 3.05) is 7.11 Å². The highest BCUT2D eigenvalue weighted by molar-refractivity contribution is 7.56. The molecule has 0 amide bonds. The second-order valence-electron chi connectivity index (χ2n) is 6.16. The van der Waals surface area contributed by atoms with Gasteiger partial charge in [-0.2, -0.15) is 0 Å². The number of allylic oxidation sites excluding steroid dienone is 1. The first kappa shape index (κ1) is 20.8. The first-order valence-electron chi connectivity index (χ1n) is 8.70. The molecule has 144 valence electrons. The van der Waals surface area contributed by atoms with E-state index in [1.807, 2.05) is 38.1 Å². The van der Waals surface area contributed by atoms with Crippen molar-refractivity contribution in [3.05, 3.63) is 72.3 Å². The molecule has 0 saturated carbocycles. The van der Waals surface area contributed by atoms with E-state index in [9.17, 15) is 9.36 Å². The number of ether oxygens (including phenoxy) is 1. The van der Waals surface area contributed by atoms with Gasteiger partial charge in [0.2, 0.25) is 0 Å². The summed E-state index contributed by atoms with van der Waals surface area (Å²) in [5.74, 6) is 0.172. The van der Waals surface area contributed by atoms with E-state index in [4.69, 9.17) is 13.8 Å². The lowest BCUT2D eigenvalue weighted by atomic mass is 10.2. The molecule has 0 heterocycles. The molecule has 0 aliphatic carbocycles. The summed E-state index contributed by atoms with van der Waals surface area (Å²) < 4.78 is 30.5. The van der Waals surface area contributed by atoms with Crippen LogP contribution in [-0.4, -0.2) is 18.7 Å². The summed E-state index contributed by atoms with van der Waals surface area (Å²) in [4.78, 5) is 12.4. The number of carbonyl (C=O) groups is 1. The van der Waals surface area contributed by atoms with E-state index in [1.165, 1.54) is 7.11 Å². The Morgan fingerprint density at radius 2 is 1.52 bits per heavy atom. The number of hydrogen-bond donors (Lipinski definition) is 0. The Kier molecular flexibility index (Phi) is 7.26. The highest BCUT2D eigenvalue weighted by Gasteiger charge is 2.45. The third kappa shape index (κ3) is 5.24. The van der Waals surface area contributed by atoms with Gasteiger partial charge in [0.05, 0.1) is 7.11 Å². The molecule has 0 spiro atoms. The fourth-order valence-electron chi connectivity index (χ4n) is 2.55. The fraction of sp³-hybridized carbons (Fsp3) is 0.286. The minimum absolute atomic E-state index is 0.241. The molecule has 27 heavy (non-hydrogen) atoms. The van der Waals surface area contributed by atoms with Crippen LogP contribution in [-0.2, 0) is 14.1 Å². The summed E-state index contributed by atoms with van der Waals surface area (Å²) >= 11 is 0. The monoisotopic (exact) mass is 388 g/mol. The Morgan fingerprint density at radius 3 is 1.93 bits per heavy atom. The van der Waals surface area contributed by atoms with E-state index in [2.05, 4.69) is 6.58 Å². The third-order valence-corrected chi connectivity index (χ3v) is 6.27. The lowest BCUT2D eigenvalue weighted by Crippen LogP contribution is -2.27. The highest BCUT2D eigenvalue weighted by Crippen LogP contribution is 2.55. The summed E-state index contributed by atoms with van der Waals surface area (Å²) in [7, 11) is -2.69. The second kappa shape index (κ2) is 9.43. The topological polar surface area (TPSA) is 61.8 Å². The van der Waals surface area contributed by atoms with Gasteiger partial charge in [0.15, 0.2) is 5.66 Å². The summed E-state index contributed by atoms with van der Waals surface area (Å²) in [6.45, 7) is 7.35. The molecular formula is C21H25O5P. The number of rotatable bonds is 9. The van der Waals surface area contributed by atoms with E-state index >= 15 is 0 Å². The number of hydrogen-bond acceptors (Lipinski definition) is 5. The number of para-hydroxylation sites is 2. The number of benzene rings is 2. The van der Waals surface area contributed by atoms with Crippen LogP contribution in [0.2, 0.25) is 0 Å². The molecule has 0 fully saturated rings. The highest BCUT2D eigenvalue weighted by atomic mass is 31.2. The quantitative estimate of drug-likeness (QED) is 0.324. The third-order valence-electron chi connectivity index (χ3n) is 4.14. The number of carbonyl (C=O) groups excluding carboxylic acids is 1. The van der Waals surface area contributed by atoms with Gasteiger partial charge in [-0.05, 0) is 49.9 Å². The van der Waals surface area contributed by atoms with Gasteiger partial charge in [-0.1, -0.05) is 42.5 Å². The largest absolute Gasteiger partial charge is 0.468 e. The van der Waals surface area contributed by atoms with Gasteiger partial charge in [0.1, 0.15) is 11.5 Å². The normalized spacial score (nSPS) is 12.1. The summed E-state index contributed by atoms with van der Waals surface area (Å²) in [5, 5.41) is 0. The van der Waals surface area contributed by atoms with Gasteiger partial charge in [-0.3, -0.25) is 4.79 Å². The molecule has 5 nitrogen and oxygen atoms in total. The molecular weight excluding hydrogens is 363 g/mol. The molecule has 0 aromatic heterocycles. The van der Waals surface area contributed by atoms with Gasteiger partial charge in [-0.15, -0.1) is 6.58 Å². The number of methoxy groups -OCH3 is 1. The van der Waals surface area contributed by atoms with Crippen LogP contribution in [0.3, 0.4) is 0 Å². The lowest BCUT2D eigenvalue weighted by Gasteiger charge is -2.27. The molecule has 0 aliphatic heterocycles. The second-order valence-corrected chi connectivity index (χ2v) is 8.23. The van der Waals surface area contributed by atoms with Gasteiger partial charge in [-0.25, -0.2) is 4.57 Å². The van der Waals surface area contributed by atoms with Crippen LogP contribution in [0.5, 0.6) is 11.5 Å². The van der Waals surface area contributed by atoms with E-state index in [-0.39, 0.29) is 6.42 Å². The summed E-state index contributed by atoms with van der Waals surface area (Å²) in [6.07, 6.45) is 2.37. The van der Waals surface area contributed by atoms with Crippen LogP contribution in [0.1, 0.15) is 24.0 Å². The zero-order valence-corrected chi connectivity index (χ0v) is 16.8. The van der Waals surface area contributed by atoms with Crippen LogP contribution in [0.15, 0.2) is 61.2 Å². The van der Waals surface area contributed by atoms with Crippen molar-refractivity contribution >= 4 is 13.6 Å². The van der Waals surface area contributed by atoms with Crippen molar-refractivity contribution in [2.45, 2.75) is 32.3 Å². The van der Waals surface area contributed by atoms with Gasteiger partial charge >= 0.3 is 13.6 Å². The Hall–Kier alpha value is -2.52. The first-order chi connectivity index (χ1) is 12.9. The van der Waals surface area contributed by atoms with Crippen molar-refractivity contribution < 1.29 is 23.1 Å². The fourth-order valence-corrected chi connectivity index (χ4v) is 4.63. The summed E-state index contributed by atoms with van der Waals surface area (Å²) in [6, 6.07) is 14.3. The first-order valence-corrected chi connectivity index (χ1v) is 10.3. The zero-order chi connectivity index (χ0) is 19.9. The Labute approximate surface area is 160 Å². The minimum atomic E-state index is -3.95. The van der Waals surface area contributed by atoms with Crippen molar-refractivity contribution in [2.24, 2.45) is 0 Å². The van der Waals surface area contributed by atoms with E-state index in [1.54, 1.807) is 30.3 Å². The minimum Gasteiger partial charge on any atom is -0.468 e. The van der Waals surface area contributed by atoms with E-state index < -0.39 is 19.2 Å². The lowest BCUT2D eigenvalue weighted by molar-refractivity contribution is -0.140. The van der Waals surface area contributed by atoms with Crippen LogP contribution in [0, 0.1) is 13.8 Å². The molecule has 2 aromatic carbocycles. The molecule has 0 N–H and O–H groups in total. The van der Waals surface area contributed by atoms with Gasteiger partial charge < -0.3 is 13.8 Å². The molecule has 1 atom stereocenters. The average molecular weight is 388 g/mol. The van der Waals surface area contributed by atoms with Crippen LogP contribution >= 0.6 is 7.60 Å². The van der Waals surface area contributed by atoms with Crippen molar-refractivity contribution in [3.8, 4) is 11.5 Å². The maximum absolute atomic E-state index is 13.9. The van der Waals surface area contributed by atoms with Crippen molar-refractivity contribution in [1.29, 1.82) is 0 Å². The van der Waals surface area contributed by atoms with E-state index in [0.717, 1.165) is 11.1 Å². The van der Waals surface area contributed by atoms with Gasteiger partial charge in [0.25, 0.3) is 0 Å². The van der Waals surface area contributed by atoms with Crippen LogP contribution in [0.4, 0.5) is 0 Å². The number of aryl methyl sites for hydroxylation is 2. The molecule has 0 bridgehead atoms. The average Bonchev–Trinajstić information content (AvgIpc) is 2.65. The van der Waals surface area contributed by atoms with Gasteiger partial charge in [0, 0.05) is 0 Å². The molecule has 2 aromatic rings. The maximum atomic E-state index is 13.9. The standard InChI is InChI=1S/C21H25O5P/c1-5-6-15-20(21(22)24-4)27(23,25-18-13-9-7-11-16(18)2)26-19-14-10-8-12-17(19)3/h5,7-14,20H,1,6,15H2,2-4H3. The zero-order valence-electron chi connectivity index (χ0n) is 15.9. The molecule has 0 saturated heterocycles. The van der Waals surface area contributed by atoms with E-state index in [0.29, 0.717) is 17.9 Å². The van der Waals surface area contributed by atoms with Crippen LogP contribution in [0.25, 0.3) is 0 Å². The van der Waals surface area contributed by atoms with Crippen molar-refractivity contribution in [3.63, 3.8) is 0 Å². The van der Waals surface area contributed by atoms with Crippen molar-refractivity contribution in [1.82, 2.24) is 0 Å². The van der Waals surface area contributed by atoms with Crippen LogP contribution < -0.4 is 9.05 Å². The Balaban J connectivity index is 2.49.